The number of carbonyl (C=O) groups is 1. The van der Waals surface area contributed by atoms with Crippen molar-refractivity contribution in [3.8, 4) is 0 Å². The van der Waals surface area contributed by atoms with Crippen LogP contribution in [0, 0.1) is 17.6 Å². The Kier molecular flexibility index (Phi) is 1.98. The van der Waals surface area contributed by atoms with Crippen molar-refractivity contribution < 1.29 is 13.6 Å². The van der Waals surface area contributed by atoms with Crippen LogP contribution in [0.1, 0.15) is 17.9 Å². The topological polar surface area (TPSA) is 43.1 Å². The first kappa shape index (κ1) is 9.12. The Morgan fingerprint density at radius 2 is 2.14 bits per heavy atom. The molecule has 74 valence electrons. The van der Waals surface area contributed by atoms with Gasteiger partial charge in [-0.3, -0.25) is 4.79 Å². The maximum Gasteiger partial charge on any atom is 0.221 e. The molecule has 2 N–H and O–H groups in total. The molecule has 0 aliphatic heterocycles. The van der Waals surface area contributed by atoms with Gasteiger partial charge < -0.3 is 5.73 Å². The standard InChI is InChI=1S/C10H9F2NO/c11-8-3-1-2-5(9(8)12)6-4-7(6)10(13)14/h1-3,6-7H,4H2,(H2,13,14)/t6-,7+/m0/s1. The lowest BCUT2D eigenvalue weighted by Crippen LogP contribution is -2.14. The highest BCUT2D eigenvalue weighted by atomic mass is 19.2. The summed E-state index contributed by atoms with van der Waals surface area (Å²) in [4.78, 5) is 10.7. The molecule has 0 heterocycles. The summed E-state index contributed by atoms with van der Waals surface area (Å²) in [6.07, 6.45) is 0.524. The van der Waals surface area contributed by atoms with Gasteiger partial charge in [-0.25, -0.2) is 8.78 Å². The number of halogens is 2. The van der Waals surface area contributed by atoms with E-state index in [2.05, 4.69) is 0 Å². The van der Waals surface area contributed by atoms with Crippen LogP contribution in [-0.4, -0.2) is 5.91 Å². The summed E-state index contributed by atoms with van der Waals surface area (Å²) in [6, 6.07) is 3.98. The molecular weight excluding hydrogens is 188 g/mol. The van der Waals surface area contributed by atoms with Crippen LogP contribution < -0.4 is 5.73 Å². The highest BCUT2D eigenvalue weighted by Gasteiger charge is 2.44. The molecule has 2 rings (SSSR count). The van der Waals surface area contributed by atoms with Crippen molar-refractivity contribution in [2.75, 3.05) is 0 Å². The van der Waals surface area contributed by atoms with Crippen LogP contribution in [0.15, 0.2) is 18.2 Å². The van der Waals surface area contributed by atoms with Crippen molar-refractivity contribution in [3.63, 3.8) is 0 Å². The summed E-state index contributed by atoms with van der Waals surface area (Å²) in [5.41, 5.74) is 5.32. The molecule has 2 atom stereocenters. The fourth-order valence-corrected chi connectivity index (χ4v) is 1.66. The van der Waals surface area contributed by atoms with Crippen molar-refractivity contribution in [1.29, 1.82) is 0 Å². The molecule has 14 heavy (non-hydrogen) atoms. The van der Waals surface area contributed by atoms with E-state index in [1.54, 1.807) is 0 Å². The van der Waals surface area contributed by atoms with E-state index in [1.165, 1.54) is 12.1 Å². The predicted molar refractivity (Wildman–Crippen MR) is 46.4 cm³/mol. The van der Waals surface area contributed by atoms with Gasteiger partial charge in [0.15, 0.2) is 11.6 Å². The van der Waals surface area contributed by atoms with Crippen molar-refractivity contribution in [3.05, 3.63) is 35.4 Å². The maximum absolute atomic E-state index is 13.2. The molecule has 0 unspecified atom stereocenters. The molecule has 1 aromatic carbocycles. The number of carbonyl (C=O) groups excluding carboxylic acids is 1. The van der Waals surface area contributed by atoms with Crippen LogP contribution in [0.3, 0.4) is 0 Å². The van der Waals surface area contributed by atoms with Gasteiger partial charge in [-0.15, -0.1) is 0 Å². The summed E-state index contributed by atoms with van der Waals surface area (Å²) >= 11 is 0. The predicted octanol–water partition coefficient (Wildman–Crippen LogP) is 1.55. The molecule has 0 saturated heterocycles. The summed E-state index contributed by atoms with van der Waals surface area (Å²) < 4.78 is 26.0. The second kappa shape index (κ2) is 3.04. The largest absolute Gasteiger partial charge is 0.369 e. The molecule has 0 aromatic heterocycles. The van der Waals surface area contributed by atoms with Gasteiger partial charge >= 0.3 is 0 Å². The average molecular weight is 197 g/mol. The molecule has 1 saturated carbocycles. The molecule has 1 aromatic rings. The van der Waals surface area contributed by atoms with E-state index in [0.29, 0.717) is 6.42 Å². The van der Waals surface area contributed by atoms with Crippen LogP contribution in [0.4, 0.5) is 8.78 Å². The lowest BCUT2D eigenvalue weighted by molar-refractivity contribution is -0.119. The molecule has 1 aliphatic rings. The van der Waals surface area contributed by atoms with Crippen LogP contribution in [0.25, 0.3) is 0 Å². The van der Waals surface area contributed by atoms with Gasteiger partial charge in [0.1, 0.15) is 0 Å². The Balaban J connectivity index is 2.27. The monoisotopic (exact) mass is 197 g/mol. The number of hydrogen-bond acceptors (Lipinski definition) is 1. The number of benzene rings is 1. The van der Waals surface area contributed by atoms with E-state index in [4.69, 9.17) is 5.73 Å². The quantitative estimate of drug-likeness (QED) is 0.768. The first-order valence-electron chi connectivity index (χ1n) is 4.34. The molecule has 1 fully saturated rings. The normalized spacial score (nSPS) is 24.7. The maximum atomic E-state index is 13.2. The van der Waals surface area contributed by atoms with E-state index in [1.807, 2.05) is 0 Å². The molecule has 0 spiro atoms. The molecule has 1 aliphatic carbocycles. The van der Waals surface area contributed by atoms with Crippen molar-refractivity contribution in [2.24, 2.45) is 11.7 Å². The Morgan fingerprint density at radius 1 is 1.43 bits per heavy atom. The fourth-order valence-electron chi connectivity index (χ4n) is 1.66. The van der Waals surface area contributed by atoms with Gasteiger partial charge in [-0.1, -0.05) is 12.1 Å². The zero-order valence-electron chi connectivity index (χ0n) is 7.34. The minimum Gasteiger partial charge on any atom is -0.369 e. The first-order valence-corrected chi connectivity index (χ1v) is 4.34. The van der Waals surface area contributed by atoms with E-state index in [0.717, 1.165) is 6.07 Å². The number of hydrogen-bond donors (Lipinski definition) is 1. The number of primary amides is 1. The van der Waals surface area contributed by atoms with E-state index in [9.17, 15) is 13.6 Å². The van der Waals surface area contributed by atoms with Crippen molar-refractivity contribution >= 4 is 5.91 Å². The van der Waals surface area contributed by atoms with Gasteiger partial charge in [-0.05, 0) is 24.0 Å². The Labute approximate surface area is 79.7 Å². The Morgan fingerprint density at radius 3 is 2.71 bits per heavy atom. The Bertz CT molecular complexity index is 392. The molecule has 0 radical (unpaired) electrons. The third kappa shape index (κ3) is 1.36. The third-order valence-electron chi connectivity index (χ3n) is 2.54. The van der Waals surface area contributed by atoms with Gasteiger partial charge in [0.05, 0.1) is 0 Å². The minimum absolute atomic E-state index is 0.233. The lowest BCUT2D eigenvalue weighted by Gasteiger charge is -2.01. The molecule has 1 amide bonds. The second-order valence-electron chi connectivity index (χ2n) is 3.49. The summed E-state index contributed by atoms with van der Waals surface area (Å²) in [5, 5.41) is 0. The average Bonchev–Trinajstić information content (AvgIpc) is 2.89. The SMILES string of the molecule is NC(=O)[C@@H]1C[C@H]1c1cccc(F)c1F. The molecular formula is C10H9F2NO. The highest BCUT2D eigenvalue weighted by molar-refractivity contribution is 5.81. The lowest BCUT2D eigenvalue weighted by atomic mass is 10.1. The van der Waals surface area contributed by atoms with Crippen LogP contribution in [0.5, 0.6) is 0 Å². The smallest absolute Gasteiger partial charge is 0.221 e. The van der Waals surface area contributed by atoms with Crippen LogP contribution >= 0.6 is 0 Å². The summed E-state index contributed by atoms with van der Waals surface area (Å²) in [6.45, 7) is 0. The van der Waals surface area contributed by atoms with E-state index in [-0.39, 0.29) is 17.4 Å². The molecule has 0 bridgehead atoms. The number of nitrogens with two attached hydrogens (primary N) is 1. The zero-order valence-corrected chi connectivity index (χ0v) is 7.34. The van der Waals surface area contributed by atoms with E-state index < -0.39 is 17.5 Å². The molecule has 2 nitrogen and oxygen atoms in total. The Hall–Kier alpha value is -1.45. The van der Waals surface area contributed by atoms with Crippen molar-refractivity contribution in [2.45, 2.75) is 12.3 Å². The minimum atomic E-state index is -0.877. The van der Waals surface area contributed by atoms with Crippen molar-refractivity contribution in [1.82, 2.24) is 0 Å². The van der Waals surface area contributed by atoms with Gasteiger partial charge in [0, 0.05) is 5.92 Å². The van der Waals surface area contributed by atoms with Gasteiger partial charge in [0.2, 0.25) is 5.91 Å². The third-order valence-corrected chi connectivity index (χ3v) is 2.54. The summed E-state index contributed by atoms with van der Waals surface area (Å²) in [7, 11) is 0. The van der Waals surface area contributed by atoms with Crippen LogP contribution in [-0.2, 0) is 4.79 Å². The fraction of sp³-hybridized carbons (Fsp3) is 0.300. The second-order valence-corrected chi connectivity index (χ2v) is 3.49. The molecule has 4 heteroatoms. The van der Waals surface area contributed by atoms with Gasteiger partial charge in [0.25, 0.3) is 0 Å². The number of amides is 1. The first-order chi connectivity index (χ1) is 6.61. The summed E-state index contributed by atoms with van der Waals surface area (Å²) in [5.74, 6) is -2.74. The van der Waals surface area contributed by atoms with Gasteiger partial charge in [-0.2, -0.15) is 0 Å². The highest BCUT2D eigenvalue weighted by Crippen LogP contribution is 2.48. The van der Waals surface area contributed by atoms with Crippen LogP contribution in [0.2, 0.25) is 0 Å². The zero-order chi connectivity index (χ0) is 10.3. The van der Waals surface area contributed by atoms with E-state index >= 15 is 0 Å². The number of rotatable bonds is 2.